The molecule has 2 aromatic carbocycles. The van der Waals surface area contributed by atoms with Gasteiger partial charge in [-0.1, -0.05) is 47.5 Å². The van der Waals surface area contributed by atoms with Crippen molar-refractivity contribution in [1.29, 1.82) is 0 Å². The van der Waals surface area contributed by atoms with E-state index in [0.29, 0.717) is 48.2 Å². The number of furan rings is 1. The third kappa shape index (κ3) is 5.86. The lowest BCUT2D eigenvalue weighted by Gasteiger charge is -2.36. The molecule has 38 heavy (non-hydrogen) atoms. The van der Waals surface area contributed by atoms with Crippen molar-refractivity contribution in [2.24, 2.45) is 0 Å². The van der Waals surface area contributed by atoms with Gasteiger partial charge in [-0.2, -0.15) is 0 Å². The summed E-state index contributed by atoms with van der Waals surface area (Å²) in [5, 5.41) is 9.38. The lowest BCUT2D eigenvalue weighted by atomic mass is 10.1. The molecule has 0 spiro atoms. The van der Waals surface area contributed by atoms with Crippen LogP contribution in [-0.4, -0.2) is 64.5 Å². The lowest BCUT2D eigenvalue weighted by molar-refractivity contribution is -0.132. The van der Waals surface area contributed by atoms with Crippen molar-refractivity contribution in [3.63, 3.8) is 0 Å². The Balaban J connectivity index is 1.21. The highest BCUT2D eigenvalue weighted by Crippen LogP contribution is 2.26. The van der Waals surface area contributed by atoms with Crippen molar-refractivity contribution in [2.75, 3.05) is 37.6 Å². The molecule has 0 saturated carbocycles. The molecule has 4 aromatic rings. The van der Waals surface area contributed by atoms with Crippen LogP contribution in [0.2, 0.25) is 5.02 Å². The predicted octanol–water partition coefficient (Wildman–Crippen LogP) is 4.69. The van der Waals surface area contributed by atoms with E-state index in [1.807, 2.05) is 55.5 Å². The minimum Gasteiger partial charge on any atom is -0.467 e. The van der Waals surface area contributed by atoms with Gasteiger partial charge in [0.2, 0.25) is 5.91 Å². The van der Waals surface area contributed by atoms with Crippen LogP contribution < -0.4 is 4.90 Å². The largest absolute Gasteiger partial charge is 0.467 e. The normalized spacial score (nSPS) is 13.4. The number of halogens is 1. The summed E-state index contributed by atoms with van der Waals surface area (Å²) in [6.07, 6.45) is 1.56. The Kier molecular flexibility index (Phi) is 7.70. The molecule has 1 saturated heterocycles. The van der Waals surface area contributed by atoms with Crippen LogP contribution in [0.15, 0.2) is 83.5 Å². The van der Waals surface area contributed by atoms with E-state index in [1.165, 1.54) is 4.90 Å². The van der Waals surface area contributed by atoms with Gasteiger partial charge < -0.3 is 19.1 Å². The first kappa shape index (κ1) is 25.5. The number of rotatable bonds is 7. The van der Waals surface area contributed by atoms with Gasteiger partial charge in [0, 0.05) is 37.3 Å². The maximum Gasteiger partial charge on any atom is 0.254 e. The molecule has 0 atom stereocenters. The van der Waals surface area contributed by atoms with Crippen LogP contribution in [0.5, 0.6) is 0 Å². The van der Waals surface area contributed by atoms with Gasteiger partial charge in [-0.05, 0) is 49.4 Å². The van der Waals surface area contributed by atoms with Crippen molar-refractivity contribution in [2.45, 2.75) is 13.5 Å². The van der Waals surface area contributed by atoms with Crippen molar-refractivity contribution < 1.29 is 14.0 Å². The van der Waals surface area contributed by atoms with E-state index >= 15 is 0 Å². The Bertz CT molecular complexity index is 1380. The summed E-state index contributed by atoms with van der Waals surface area (Å²) >= 11 is 6.28. The Morgan fingerprint density at radius 1 is 0.921 bits per heavy atom. The van der Waals surface area contributed by atoms with E-state index in [1.54, 1.807) is 35.4 Å². The van der Waals surface area contributed by atoms with Gasteiger partial charge in [0.05, 0.1) is 23.5 Å². The zero-order chi connectivity index (χ0) is 26.5. The number of aryl methyl sites for hydroxylation is 1. The number of benzene rings is 2. The predicted molar refractivity (Wildman–Crippen MR) is 146 cm³/mol. The summed E-state index contributed by atoms with van der Waals surface area (Å²) in [5.41, 5.74) is 3.15. The van der Waals surface area contributed by atoms with Crippen LogP contribution in [0.25, 0.3) is 11.3 Å². The van der Waals surface area contributed by atoms with Crippen LogP contribution in [0, 0.1) is 6.92 Å². The topological polar surface area (TPSA) is 82.8 Å². The van der Waals surface area contributed by atoms with Gasteiger partial charge in [-0.15, -0.1) is 10.2 Å². The zero-order valence-corrected chi connectivity index (χ0v) is 21.8. The number of aromatic nitrogens is 2. The summed E-state index contributed by atoms with van der Waals surface area (Å²) in [4.78, 5) is 31.9. The average Bonchev–Trinajstić information content (AvgIpc) is 3.46. The number of piperazine rings is 1. The average molecular weight is 530 g/mol. The first-order chi connectivity index (χ1) is 18.5. The van der Waals surface area contributed by atoms with E-state index < -0.39 is 0 Å². The number of hydrogen-bond donors (Lipinski definition) is 0. The number of amides is 2. The fraction of sp³-hybridized carbons (Fsp3) is 0.241. The Labute approximate surface area is 226 Å². The molecule has 2 amide bonds. The highest BCUT2D eigenvalue weighted by Gasteiger charge is 2.26. The number of nitrogens with zero attached hydrogens (tertiary/aromatic N) is 5. The van der Waals surface area contributed by atoms with Gasteiger partial charge in [0.1, 0.15) is 12.3 Å². The number of anilines is 1. The van der Waals surface area contributed by atoms with Crippen LogP contribution in [0.4, 0.5) is 5.82 Å². The number of carbonyl (C=O) groups is 2. The second kappa shape index (κ2) is 11.5. The van der Waals surface area contributed by atoms with E-state index in [9.17, 15) is 9.59 Å². The molecule has 0 aliphatic carbocycles. The summed E-state index contributed by atoms with van der Waals surface area (Å²) in [6.45, 7) is 4.46. The minimum absolute atomic E-state index is 0.0280. The maximum absolute atomic E-state index is 13.3. The van der Waals surface area contributed by atoms with Gasteiger partial charge in [-0.25, -0.2) is 0 Å². The molecule has 5 rings (SSSR count). The van der Waals surface area contributed by atoms with Crippen LogP contribution in [0.1, 0.15) is 21.7 Å². The van der Waals surface area contributed by atoms with Crippen LogP contribution >= 0.6 is 11.6 Å². The van der Waals surface area contributed by atoms with Crippen molar-refractivity contribution in [1.82, 2.24) is 20.0 Å². The van der Waals surface area contributed by atoms with Gasteiger partial charge in [0.25, 0.3) is 5.91 Å². The summed E-state index contributed by atoms with van der Waals surface area (Å²) < 4.78 is 5.46. The minimum atomic E-state index is -0.206. The first-order valence-corrected chi connectivity index (χ1v) is 12.9. The number of hydrogen-bond acceptors (Lipinski definition) is 6. The first-order valence-electron chi connectivity index (χ1n) is 12.5. The quantitative estimate of drug-likeness (QED) is 0.345. The molecule has 0 bridgehead atoms. The molecular formula is C29H28ClN5O3. The Morgan fingerprint density at radius 2 is 1.68 bits per heavy atom. The van der Waals surface area contributed by atoms with Crippen LogP contribution in [-0.2, 0) is 11.3 Å². The summed E-state index contributed by atoms with van der Waals surface area (Å²) in [7, 11) is 0. The summed E-state index contributed by atoms with van der Waals surface area (Å²) in [5.74, 6) is 1.07. The molecule has 194 valence electrons. The van der Waals surface area contributed by atoms with E-state index in [0.717, 1.165) is 16.9 Å². The van der Waals surface area contributed by atoms with E-state index in [-0.39, 0.29) is 24.9 Å². The zero-order valence-electron chi connectivity index (χ0n) is 21.1. The third-order valence-electron chi connectivity index (χ3n) is 6.60. The third-order valence-corrected chi connectivity index (χ3v) is 6.92. The fourth-order valence-electron chi connectivity index (χ4n) is 4.42. The molecule has 2 aromatic heterocycles. The molecule has 8 nitrogen and oxygen atoms in total. The van der Waals surface area contributed by atoms with Crippen molar-refractivity contribution >= 4 is 29.2 Å². The molecule has 1 aliphatic rings. The second-order valence-electron chi connectivity index (χ2n) is 9.23. The molecule has 1 fully saturated rings. The molecule has 0 unspecified atom stereocenters. The van der Waals surface area contributed by atoms with E-state index in [4.69, 9.17) is 16.0 Å². The van der Waals surface area contributed by atoms with Crippen LogP contribution in [0.3, 0.4) is 0 Å². The molecule has 1 aliphatic heterocycles. The lowest BCUT2D eigenvalue weighted by Crippen LogP contribution is -2.52. The Hall–Kier alpha value is -4.17. The monoisotopic (exact) mass is 529 g/mol. The Morgan fingerprint density at radius 3 is 2.34 bits per heavy atom. The fourth-order valence-corrected chi connectivity index (χ4v) is 4.66. The van der Waals surface area contributed by atoms with E-state index in [2.05, 4.69) is 15.1 Å². The highest BCUT2D eigenvalue weighted by molar-refractivity contribution is 6.33. The second-order valence-corrected chi connectivity index (χ2v) is 9.64. The van der Waals surface area contributed by atoms with Gasteiger partial charge in [-0.3, -0.25) is 9.59 Å². The molecule has 0 radical (unpaired) electrons. The SMILES string of the molecule is Cc1ccc(C(=O)N(CC(=O)N2CCN(c3ccc(-c4ccccc4Cl)nn3)CC2)Cc2ccco2)cc1. The van der Waals surface area contributed by atoms with Gasteiger partial charge in [0.15, 0.2) is 5.82 Å². The smallest absolute Gasteiger partial charge is 0.254 e. The van der Waals surface area contributed by atoms with Gasteiger partial charge >= 0.3 is 0 Å². The highest BCUT2D eigenvalue weighted by atomic mass is 35.5. The standard InChI is InChI=1S/C29H28ClN5O3/c1-21-8-10-22(11-9-21)29(37)35(19-23-5-4-18-38-23)20-28(36)34-16-14-33(15-17-34)27-13-12-26(31-32-27)24-6-2-3-7-25(24)30/h2-13,18H,14-17,19-20H2,1H3. The molecular weight excluding hydrogens is 502 g/mol. The number of carbonyl (C=O) groups excluding carboxylic acids is 2. The van der Waals surface area contributed by atoms with Crippen molar-refractivity contribution in [3.05, 3.63) is 101 Å². The molecule has 0 N–H and O–H groups in total. The van der Waals surface area contributed by atoms with Crippen molar-refractivity contribution in [3.8, 4) is 11.3 Å². The molecule has 3 heterocycles. The molecule has 9 heteroatoms. The summed E-state index contributed by atoms with van der Waals surface area (Å²) in [6, 6.07) is 22.3. The maximum atomic E-state index is 13.3.